The molecule has 1 amide bonds. The van der Waals surface area contributed by atoms with Gasteiger partial charge < -0.3 is 20.3 Å². The zero-order valence-corrected chi connectivity index (χ0v) is 15.6. The van der Waals surface area contributed by atoms with Crippen LogP contribution < -0.4 is 10.6 Å². The lowest BCUT2D eigenvalue weighted by Crippen LogP contribution is -2.45. The number of ether oxygens (including phenoxy) is 1. The molecule has 1 unspecified atom stereocenters. The smallest absolute Gasteiger partial charge is 0.407 e. The Morgan fingerprint density at radius 2 is 2.00 bits per heavy atom. The minimum atomic E-state index is -0.496. The van der Waals surface area contributed by atoms with Crippen molar-refractivity contribution >= 4 is 12.1 Å². The lowest BCUT2D eigenvalue weighted by Gasteiger charge is -2.28. The molecule has 6 nitrogen and oxygen atoms in total. The Labute approximate surface area is 141 Å². The van der Waals surface area contributed by atoms with E-state index in [1.807, 2.05) is 32.7 Å². The fourth-order valence-corrected chi connectivity index (χ4v) is 1.98. The maximum atomic E-state index is 11.9. The molecule has 0 aromatic rings. The fourth-order valence-electron chi connectivity index (χ4n) is 1.98. The van der Waals surface area contributed by atoms with Crippen molar-refractivity contribution in [2.75, 3.05) is 27.2 Å². The van der Waals surface area contributed by atoms with E-state index in [1.165, 1.54) is 0 Å². The number of hydrogen-bond acceptors (Lipinski definition) is 3. The summed E-state index contributed by atoms with van der Waals surface area (Å²) in [5.41, 5.74) is -0.496. The van der Waals surface area contributed by atoms with Gasteiger partial charge in [0, 0.05) is 26.7 Å². The molecule has 0 fully saturated rings. The van der Waals surface area contributed by atoms with Crippen molar-refractivity contribution in [3.05, 3.63) is 0 Å². The van der Waals surface area contributed by atoms with Gasteiger partial charge in [-0.3, -0.25) is 4.99 Å². The largest absolute Gasteiger partial charge is 0.444 e. The van der Waals surface area contributed by atoms with Gasteiger partial charge in [-0.15, -0.1) is 6.42 Å². The third-order valence-electron chi connectivity index (χ3n) is 3.20. The zero-order valence-electron chi connectivity index (χ0n) is 15.6. The van der Waals surface area contributed by atoms with E-state index in [2.05, 4.69) is 35.4 Å². The molecule has 0 rings (SSSR count). The van der Waals surface area contributed by atoms with Crippen molar-refractivity contribution in [2.24, 2.45) is 10.9 Å². The Kier molecular flexibility index (Phi) is 9.16. The monoisotopic (exact) mass is 324 g/mol. The van der Waals surface area contributed by atoms with E-state index < -0.39 is 5.60 Å². The van der Waals surface area contributed by atoms with Crippen molar-refractivity contribution in [1.29, 1.82) is 0 Å². The molecule has 0 aromatic carbocycles. The second-order valence-corrected chi connectivity index (χ2v) is 6.81. The Balaban J connectivity index is 4.54. The van der Waals surface area contributed by atoms with Crippen LogP contribution in [-0.4, -0.2) is 55.8 Å². The molecule has 0 heterocycles. The Bertz CT molecular complexity index is 433. The molecule has 132 valence electrons. The van der Waals surface area contributed by atoms with Crippen molar-refractivity contribution in [2.45, 2.75) is 52.7 Å². The minimum absolute atomic E-state index is 0.0260. The quantitative estimate of drug-likeness (QED) is 0.446. The maximum absolute atomic E-state index is 11.9. The number of terminal acetylenes is 1. The first-order chi connectivity index (χ1) is 10.6. The van der Waals surface area contributed by atoms with Crippen molar-refractivity contribution in [3.8, 4) is 12.3 Å². The summed E-state index contributed by atoms with van der Waals surface area (Å²) < 4.78 is 5.33. The maximum Gasteiger partial charge on any atom is 0.407 e. The van der Waals surface area contributed by atoms with Crippen LogP contribution in [0.3, 0.4) is 0 Å². The van der Waals surface area contributed by atoms with Crippen molar-refractivity contribution in [1.82, 2.24) is 15.5 Å². The molecule has 1 atom stereocenters. The molecular weight excluding hydrogens is 292 g/mol. The van der Waals surface area contributed by atoms with Crippen LogP contribution in [0.2, 0.25) is 0 Å². The van der Waals surface area contributed by atoms with Gasteiger partial charge in [-0.2, -0.15) is 0 Å². The topological polar surface area (TPSA) is 66.0 Å². The summed E-state index contributed by atoms with van der Waals surface area (Å²) in [7, 11) is 3.66. The van der Waals surface area contributed by atoms with Crippen LogP contribution in [0.25, 0.3) is 0 Å². The molecule has 0 aliphatic carbocycles. The van der Waals surface area contributed by atoms with Gasteiger partial charge >= 0.3 is 6.09 Å². The first-order valence-electron chi connectivity index (χ1n) is 7.95. The molecule has 6 heteroatoms. The van der Waals surface area contributed by atoms with Gasteiger partial charge in [0.1, 0.15) is 5.60 Å². The molecule has 0 bridgehead atoms. The molecule has 0 aliphatic rings. The van der Waals surface area contributed by atoms with Crippen LogP contribution in [0.5, 0.6) is 0 Å². The second-order valence-electron chi connectivity index (χ2n) is 6.81. The highest BCUT2D eigenvalue weighted by Crippen LogP contribution is 2.11. The molecule has 0 aromatic heterocycles. The normalized spacial score (nSPS) is 13.3. The molecule has 0 radical (unpaired) electrons. The van der Waals surface area contributed by atoms with E-state index in [-0.39, 0.29) is 12.1 Å². The summed E-state index contributed by atoms with van der Waals surface area (Å²) in [5, 5.41) is 6.02. The van der Waals surface area contributed by atoms with E-state index in [0.717, 1.165) is 18.9 Å². The summed E-state index contributed by atoms with van der Waals surface area (Å²) >= 11 is 0. The first kappa shape index (κ1) is 21.1. The van der Waals surface area contributed by atoms with E-state index in [1.54, 1.807) is 7.05 Å². The molecule has 0 aliphatic heterocycles. The number of guanidine groups is 1. The van der Waals surface area contributed by atoms with Gasteiger partial charge in [0.15, 0.2) is 5.96 Å². The Morgan fingerprint density at radius 3 is 2.43 bits per heavy atom. The third-order valence-corrected chi connectivity index (χ3v) is 3.20. The van der Waals surface area contributed by atoms with Crippen LogP contribution in [0, 0.1) is 18.3 Å². The lowest BCUT2D eigenvalue weighted by molar-refractivity contribution is 0.0486. The van der Waals surface area contributed by atoms with Crippen molar-refractivity contribution in [3.63, 3.8) is 0 Å². The van der Waals surface area contributed by atoms with Crippen LogP contribution in [0.4, 0.5) is 4.79 Å². The van der Waals surface area contributed by atoms with Gasteiger partial charge in [-0.25, -0.2) is 4.79 Å². The summed E-state index contributed by atoms with van der Waals surface area (Å²) in [4.78, 5) is 18.1. The van der Waals surface area contributed by atoms with Gasteiger partial charge in [0.05, 0.1) is 6.54 Å². The Morgan fingerprint density at radius 1 is 1.39 bits per heavy atom. The number of nitrogens with one attached hydrogen (secondary N) is 2. The van der Waals surface area contributed by atoms with E-state index in [4.69, 9.17) is 11.2 Å². The van der Waals surface area contributed by atoms with E-state index in [9.17, 15) is 4.79 Å². The van der Waals surface area contributed by atoms with Gasteiger partial charge in [-0.05, 0) is 33.1 Å². The standard InChI is InChI=1S/C17H32N4O2/c1-9-11-19-15(18-7)21(8)12-10-14(13(2)3)20-16(22)23-17(4,5)6/h1,13-14H,10-12H2,2-8H3,(H,18,19)(H,20,22). The molecule has 2 N–H and O–H groups in total. The minimum Gasteiger partial charge on any atom is -0.444 e. The lowest BCUT2D eigenvalue weighted by atomic mass is 10.0. The average Bonchev–Trinajstić information content (AvgIpc) is 2.41. The van der Waals surface area contributed by atoms with Crippen LogP contribution in [-0.2, 0) is 4.74 Å². The highest BCUT2D eigenvalue weighted by atomic mass is 16.6. The van der Waals surface area contributed by atoms with Crippen LogP contribution in [0.1, 0.15) is 41.0 Å². The average molecular weight is 324 g/mol. The number of carbonyl (C=O) groups excluding carboxylic acids is 1. The SMILES string of the molecule is C#CCNC(=NC)N(C)CCC(NC(=O)OC(C)(C)C)C(C)C. The number of rotatable bonds is 6. The van der Waals surface area contributed by atoms with Crippen molar-refractivity contribution < 1.29 is 9.53 Å². The van der Waals surface area contributed by atoms with E-state index in [0.29, 0.717) is 12.5 Å². The summed E-state index contributed by atoms with van der Waals surface area (Å²) in [5.74, 6) is 3.57. The summed E-state index contributed by atoms with van der Waals surface area (Å²) in [6.45, 7) is 10.9. The molecule has 0 saturated heterocycles. The predicted molar refractivity (Wildman–Crippen MR) is 95.4 cm³/mol. The fraction of sp³-hybridized carbons (Fsp3) is 0.765. The highest BCUT2D eigenvalue weighted by molar-refractivity contribution is 5.79. The first-order valence-corrected chi connectivity index (χ1v) is 7.95. The number of hydrogen-bond donors (Lipinski definition) is 2. The molecule has 23 heavy (non-hydrogen) atoms. The number of amides is 1. The second kappa shape index (κ2) is 9.98. The number of aliphatic imine (C=N–C) groups is 1. The summed E-state index contributed by atoms with van der Waals surface area (Å²) in [6, 6.07) is 0.0260. The Hall–Kier alpha value is -1.90. The summed E-state index contributed by atoms with van der Waals surface area (Å²) in [6.07, 6.45) is 5.65. The third kappa shape index (κ3) is 9.67. The zero-order chi connectivity index (χ0) is 18.0. The number of alkyl carbamates (subject to hydrolysis) is 1. The van der Waals surface area contributed by atoms with E-state index >= 15 is 0 Å². The van der Waals surface area contributed by atoms with Gasteiger partial charge in [0.2, 0.25) is 0 Å². The molecule has 0 saturated carbocycles. The van der Waals surface area contributed by atoms with Gasteiger partial charge in [-0.1, -0.05) is 19.8 Å². The van der Waals surface area contributed by atoms with Gasteiger partial charge in [0.25, 0.3) is 0 Å². The number of nitrogens with zero attached hydrogens (tertiary/aromatic N) is 2. The highest BCUT2D eigenvalue weighted by Gasteiger charge is 2.22. The van der Waals surface area contributed by atoms with Crippen LogP contribution >= 0.6 is 0 Å². The predicted octanol–water partition coefficient (Wildman–Crippen LogP) is 2.07. The van der Waals surface area contributed by atoms with Crippen LogP contribution in [0.15, 0.2) is 4.99 Å². The molecular formula is C17H32N4O2. The molecule has 0 spiro atoms. The number of carbonyl (C=O) groups is 1.